The molecule has 0 unspecified atom stereocenters. The van der Waals surface area contributed by atoms with E-state index < -0.39 is 6.04 Å². The molecule has 27 heavy (non-hydrogen) atoms. The number of rotatable bonds is 6. The lowest BCUT2D eigenvalue weighted by molar-refractivity contribution is -0.121. The maximum atomic E-state index is 12.3. The molecule has 7 heteroatoms. The standard InChI is InChI=1S/C20H21Cl2N3O2/c1-13(20(27)23-12-14-5-2-3-6-16(14)21)24-15-8-9-18(17(22)11-15)25-10-4-7-19(25)26/h2-3,5-6,8-9,11,13,24H,4,7,10,12H2,1H3,(H,23,27)/t13-/m0/s1. The lowest BCUT2D eigenvalue weighted by Crippen LogP contribution is -2.37. The number of halogens is 2. The zero-order valence-electron chi connectivity index (χ0n) is 15.0. The fourth-order valence-corrected chi connectivity index (χ4v) is 3.50. The molecule has 1 saturated heterocycles. The van der Waals surface area contributed by atoms with Gasteiger partial charge in [-0.25, -0.2) is 0 Å². The van der Waals surface area contributed by atoms with Gasteiger partial charge in [0.2, 0.25) is 11.8 Å². The van der Waals surface area contributed by atoms with Gasteiger partial charge in [0.1, 0.15) is 6.04 Å². The molecule has 0 spiro atoms. The van der Waals surface area contributed by atoms with E-state index in [0.717, 1.165) is 17.7 Å². The van der Waals surface area contributed by atoms with Gasteiger partial charge in [-0.2, -0.15) is 0 Å². The molecular formula is C20H21Cl2N3O2. The molecule has 1 aliphatic rings. The number of benzene rings is 2. The van der Waals surface area contributed by atoms with Crippen molar-refractivity contribution in [3.8, 4) is 0 Å². The maximum Gasteiger partial charge on any atom is 0.242 e. The lowest BCUT2D eigenvalue weighted by Gasteiger charge is -2.20. The maximum absolute atomic E-state index is 12.3. The molecule has 0 bridgehead atoms. The predicted molar refractivity (Wildman–Crippen MR) is 109 cm³/mol. The van der Waals surface area contributed by atoms with Gasteiger partial charge in [-0.05, 0) is 43.2 Å². The molecular weight excluding hydrogens is 385 g/mol. The van der Waals surface area contributed by atoms with Crippen molar-refractivity contribution in [2.75, 3.05) is 16.8 Å². The van der Waals surface area contributed by atoms with E-state index in [4.69, 9.17) is 23.2 Å². The van der Waals surface area contributed by atoms with Crippen molar-refractivity contribution in [3.05, 3.63) is 58.1 Å². The largest absolute Gasteiger partial charge is 0.374 e. The van der Waals surface area contributed by atoms with Crippen molar-refractivity contribution in [1.29, 1.82) is 0 Å². The summed E-state index contributed by atoms with van der Waals surface area (Å²) in [5.74, 6) is -0.0604. The Bertz CT molecular complexity index is 857. The summed E-state index contributed by atoms with van der Waals surface area (Å²) in [5, 5.41) is 7.10. The van der Waals surface area contributed by atoms with Gasteiger partial charge in [0.05, 0.1) is 10.7 Å². The van der Waals surface area contributed by atoms with Crippen LogP contribution < -0.4 is 15.5 Å². The van der Waals surface area contributed by atoms with Gasteiger partial charge < -0.3 is 15.5 Å². The molecule has 142 valence electrons. The Balaban J connectivity index is 1.59. The van der Waals surface area contributed by atoms with Crippen molar-refractivity contribution < 1.29 is 9.59 Å². The Morgan fingerprint density at radius 3 is 2.63 bits per heavy atom. The number of hydrogen-bond donors (Lipinski definition) is 2. The number of nitrogens with zero attached hydrogens (tertiary/aromatic N) is 1. The SMILES string of the molecule is C[C@H](Nc1ccc(N2CCCC2=O)c(Cl)c1)C(=O)NCc1ccccc1Cl. The predicted octanol–water partition coefficient (Wildman–Crippen LogP) is 4.24. The summed E-state index contributed by atoms with van der Waals surface area (Å²) in [4.78, 5) is 25.9. The summed E-state index contributed by atoms with van der Waals surface area (Å²) in [7, 11) is 0. The second-order valence-electron chi connectivity index (χ2n) is 6.49. The highest BCUT2D eigenvalue weighted by molar-refractivity contribution is 6.34. The summed E-state index contributed by atoms with van der Waals surface area (Å²) in [6.07, 6.45) is 1.40. The van der Waals surface area contributed by atoms with Gasteiger partial charge in [-0.15, -0.1) is 0 Å². The molecule has 5 nitrogen and oxygen atoms in total. The van der Waals surface area contributed by atoms with E-state index in [9.17, 15) is 9.59 Å². The van der Waals surface area contributed by atoms with Crippen LogP contribution in [0.2, 0.25) is 10.0 Å². The molecule has 1 atom stereocenters. The summed E-state index contributed by atoms with van der Waals surface area (Å²) >= 11 is 12.5. The normalized spacial score (nSPS) is 14.9. The van der Waals surface area contributed by atoms with Crippen LogP contribution in [-0.4, -0.2) is 24.4 Å². The van der Waals surface area contributed by atoms with Crippen molar-refractivity contribution in [2.24, 2.45) is 0 Å². The third kappa shape index (κ3) is 4.73. The number of nitrogens with one attached hydrogen (secondary N) is 2. The molecule has 0 saturated carbocycles. The zero-order chi connectivity index (χ0) is 19.4. The Morgan fingerprint density at radius 2 is 1.96 bits per heavy atom. The number of amides is 2. The first-order valence-corrected chi connectivity index (χ1v) is 9.59. The van der Waals surface area contributed by atoms with Gasteiger partial charge in [0.15, 0.2) is 0 Å². The van der Waals surface area contributed by atoms with Crippen LogP contribution >= 0.6 is 23.2 Å². The molecule has 2 N–H and O–H groups in total. The number of carbonyl (C=O) groups is 2. The minimum Gasteiger partial charge on any atom is -0.374 e. The van der Waals surface area contributed by atoms with Crippen molar-refractivity contribution >= 4 is 46.4 Å². The van der Waals surface area contributed by atoms with E-state index in [0.29, 0.717) is 35.2 Å². The van der Waals surface area contributed by atoms with Crippen molar-refractivity contribution in [1.82, 2.24) is 5.32 Å². The molecule has 3 rings (SSSR count). The highest BCUT2D eigenvalue weighted by Crippen LogP contribution is 2.31. The monoisotopic (exact) mass is 405 g/mol. The smallest absolute Gasteiger partial charge is 0.242 e. The second-order valence-corrected chi connectivity index (χ2v) is 7.30. The molecule has 0 aliphatic carbocycles. The highest BCUT2D eigenvalue weighted by Gasteiger charge is 2.23. The topological polar surface area (TPSA) is 61.4 Å². The van der Waals surface area contributed by atoms with E-state index in [1.54, 1.807) is 24.0 Å². The molecule has 0 aromatic heterocycles. The Hall–Kier alpha value is -2.24. The van der Waals surface area contributed by atoms with Crippen LogP contribution in [0.15, 0.2) is 42.5 Å². The highest BCUT2D eigenvalue weighted by atomic mass is 35.5. The van der Waals surface area contributed by atoms with Crippen LogP contribution in [0, 0.1) is 0 Å². The van der Waals surface area contributed by atoms with Crippen LogP contribution in [-0.2, 0) is 16.1 Å². The molecule has 2 aromatic rings. The number of carbonyl (C=O) groups excluding carboxylic acids is 2. The van der Waals surface area contributed by atoms with E-state index in [-0.39, 0.29) is 11.8 Å². The molecule has 1 fully saturated rings. The van der Waals surface area contributed by atoms with Crippen LogP contribution in [0.5, 0.6) is 0 Å². The van der Waals surface area contributed by atoms with Crippen molar-refractivity contribution in [2.45, 2.75) is 32.4 Å². The fraction of sp³-hybridized carbons (Fsp3) is 0.300. The van der Waals surface area contributed by atoms with Crippen LogP contribution in [0.4, 0.5) is 11.4 Å². The van der Waals surface area contributed by atoms with Gasteiger partial charge in [-0.1, -0.05) is 41.4 Å². The third-order valence-corrected chi connectivity index (χ3v) is 5.17. The third-order valence-electron chi connectivity index (χ3n) is 4.50. The van der Waals surface area contributed by atoms with Crippen LogP contribution in [0.3, 0.4) is 0 Å². The number of hydrogen-bond acceptors (Lipinski definition) is 3. The van der Waals surface area contributed by atoms with Crippen molar-refractivity contribution in [3.63, 3.8) is 0 Å². The lowest BCUT2D eigenvalue weighted by atomic mass is 10.2. The van der Waals surface area contributed by atoms with E-state index in [1.165, 1.54) is 0 Å². The minimum atomic E-state index is -0.456. The number of anilines is 2. The van der Waals surface area contributed by atoms with Gasteiger partial charge in [0, 0.05) is 30.2 Å². The minimum absolute atomic E-state index is 0.0879. The van der Waals surface area contributed by atoms with Crippen LogP contribution in [0.1, 0.15) is 25.3 Å². The molecule has 1 heterocycles. The van der Waals surface area contributed by atoms with Gasteiger partial charge in [-0.3, -0.25) is 9.59 Å². The quantitative estimate of drug-likeness (QED) is 0.755. The molecule has 2 aromatic carbocycles. The first-order valence-electron chi connectivity index (χ1n) is 8.83. The second kappa shape index (κ2) is 8.63. The van der Waals surface area contributed by atoms with Gasteiger partial charge >= 0.3 is 0 Å². The Kier molecular flexibility index (Phi) is 6.24. The fourth-order valence-electron chi connectivity index (χ4n) is 3.01. The van der Waals surface area contributed by atoms with Gasteiger partial charge in [0.25, 0.3) is 0 Å². The first-order chi connectivity index (χ1) is 13.0. The Labute approximate surface area is 168 Å². The average Bonchev–Trinajstić information content (AvgIpc) is 3.06. The summed E-state index contributed by atoms with van der Waals surface area (Å²) in [5.41, 5.74) is 2.29. The molecule has 0 radical (unpaired) electrons. The van der Waals surface area contributed by atoms with E-state index in [1.807, 2.05) is 30.3 Å². The van der Waals surface area contributed by atoms with Crippen LogP contribution in [0.25, 0.3) is 0 Å². The summed E-state index contributed by atoms with van der Waals surface area (Å²) in [6, 6.07) is 12.3. The van der Waals surface area contributed by atoms with E-state index in [2.05, 4.69) is 10.6 Å². The molecule has 1 aliphatic heterocycles. The average molecular weight is 406 g/mol. The summed E-state index contributed by atoms with van der Waals surface area (Å²) < 4.78 is 0. The first kappa shape index (κ1) is 19.5. The zero-order valence-corrected chi connectivity index (χ0v) is 16.5. The van der Waals surface area contributed by atoms with E-state index >= 15 is 0 Å². The molecule has 2 amide bonds. The summed E-state index contributed by atoms with van der Waals surface area (Å²) in [6.45, 7) is 2.82. The Morgan fingerprint density at radius 1 is 1.19 bits per heavy atom.